The van der Waals surface area contributed by atoms with Gasteiger partial charge in [0.15, 0.2) is 0 Å². The third-order valence-corrected chi connectivity index (χ3v) is 5.64. The molecule has 0 unspecified atom stereocenters. The van der Waals surface area contributed by atoms with Crippen LogP contribution in [-0.2, 0) is 22.7 Å². The van der Waals surface area contributed by atoms with Crippen molar-refractivity contribution in [2.24, 2.45) is 5.73 Å². The van der Waals surface area contributed by atoms with Crippen molar-refractivity contribution in [2.75, 3.05) is 0 Å². The molecule has 1 saturated heterocycles. The van der Waals surface area contributed by atoms with Crippen LogP contribution in [0.1, 0.15) is 16.7 Å². The molecule has 2 heterocycles. The number of rotatable bonds is 5. The van der Waals surface area contributed by atoms with E-state index in [1.165, 1.54) is 4.90 Å². The molecule has 0 radical (unpaired) electrons. The van der Waals surface area contributed by atoms with E-state index in [1.54, 1.807) is 16.8 Å². The van der Waals surface area contributed by atoms with Gasteiger partial charge in [0.05, 0.1) is 11.4 Å². The fourth-order valence-corrected chi connectivity index (χ4v) is 4.29. The molecule has 0 atom stereocenters. The second kappa shape index (κ2) is 7.60. The summed E-state index contributed by atoms with van der Waals surface area (Å²) in [5.41, 5.74) is 8.94. The summed E-state index contributed by atoms with van der Waals surface area (Å²) >= 11 is 0.929. The van der Waals surface area contributed by atoms with E-state index in [0.717, 1.165) is 39.4 Å². The van der Waals surface area contributed by atoms with Gasteiger partial charge in [0.1, 0.15) is 6.54 Å². The SMILES string of the molecule is Cc1cccc(CN2C(=O)S/C(=C\c3cn(CC(N)=O)c4ccccc34)C2=O)c1. The largest absolute Gasteiger partial charge is 0.368 e. The van der Waals surface area contributed by atoms with E-state index in [2.05, 4.69) is 0 Å². The molecule has 6 nitrogen and oxygen atoms in total. The highest BCUT2D eigenvalue weighted by atomic mass is 32.2. The van der Waals surface area contributed by atoms with E-state index in [-0.39, 0.29) is 24.2 Å². The van der Waals surface area contributed by atoms with E-state index >= 15 is 0 Å². The smallest absolute Gasteiger partial charge is 0.293 e. The summed E-state index contributed by atoms with van der Waals surface area (Å²) in [4.78, 5) is 38.3. The van der Waals surface area contributed by atoms with Gasteiger partial charge in [-0.1, -0.05) is 48.0 Å². The van der Waals surface area contributed by atoms with Crippen molar-refractivity contribution < 1.29 is 14.4 Å². The Morgan fingerprint density at radius 3 is 2.69 bits per heavy atom. The van der Waals surface area contributed by atoms with E-state index in [9.17, 15) is 14.4 Å². The number of benzene rings is 2. The van der Waals surface area contributed by atoms with Crippen molar-refractivity contribution in [3.05, 3.63) is 76.3 Å². The van der Waals surface area contributed by atoms with Crippen molar-refractivity contribution in [1.29, 1.82) is 0 Å². The maximum atomic E-state index is 12.9. The van der Waals surface area contributed by atoms with Gasteiger partial charge in [-0.3, -0.25) is 19.3 Å². The average molecular weight is 405 g/mol. The van der Waals surface area contributed by atoms with Crippen LogP contribution in [0.4, 0.5) is 4.79 Å². The van der Waals surface area contributed by atoms with Gasteiger partial charge >= 0.3 is 0 Å². The summed E-state index contributed by atoms with van der Waals surface area (Å²) in [6.07, 6.45) is 3.49. The molecule has 0 saturated carbocycles. The van der Waals surface area contributed by atoms with Gasteiger partial charge in [-0.15, -0.1) is 0 Å². The lowest BCUT2D eigenvalue weighted by atomic mass is 10.1. The molecule has 4 rings (SSSR count). The number of nitrogens with two attached hydrogens (primary N) is 1. The Hall–Kier alpha value is -3.32. The number of para-hydroxylation sites is 1. The summed E-state index contributed by atoms with van der Waals surface area (Å²) in [5, 5.41) is 0.600. The zero-order valence-corrected chi connectivity index (χ0v) is 16.6. The van der Waals surface area contributed by atoms with Crippen LogP contribution in [0.15, 0.2) is 59.6 Å². The van der Waals surface area contributed by atoms with Gasteiger partial charge < -0.3 is 10.3 Å². The number of thioether (sulfide) groups is 1. The fourth-order valence-electron chi connectivity index (χ4n) is 3.46. The number of amides is 3. The minimum Gasteiger partial charge on any atom is -0.368 e. The Labute approximate surface area is 172 Å². The van der Waals surface area contributed by atoms with Crippen LogP contribution in [-0.4, -0.2) is 26.5 Å². The number of fused-ring (bicyclic) bond motifs is 1. The van der Waals surface area contributed by atoms with Crippen LogP contribution >= 0.6 is 11.8 Å². The number of imide groups is 1. The number of nitrogens with zero attached hydrogens (tertiary/aromatic N) is 2. The second-order valence-electron chi connectivity index (χ2n) is 6.95. The topological polar surface area (TPSA) is 85.4 Å². The van der Waals surface area contributed by atoms with Crippen LogP contribution in [0.3, 0.4) is 0 Å². The predicted molar refractivity (Wildman–Crippen MR) is 114 cm³/mol. The fraction of sp³-hybridized carbons (Fsp3) is 0.136. The Bertz CT molecular complexity index is 1180. The Morgan fingerprint density at radius 2 is 1.93 bits per heavy atom. The molecule has 0 aliphatic carbocycles. The first-order chi connectivity index (χ1) is 13.9. The van der Waals surface area contributed by atoms with Crippen LogP contribution in [0.2, 0.25) is 0 Å². The van der Waals surface area contributed by atoms with Crippen LogP contribution in [0, 0.1) is 6.92 Å². The van der Waals surface area contributed by atoms with Crippen molar-refractivity contribution >= 4 is 45.8 Å². The number of aromatic nitrogens is 1. The van der Waals surface area contributed by atoms with Gasteiger partial charge in [0.25, 0.3) is 11.1 Å². The Balaban J connectivity index is 1.66. The van der Waals surface area contributed by atoms with Crippen LogP contribution in [0.5, 0.6) is 0 Å². The van der Waals surface area contributed by atoms with Crippen molar-refractivity contribution in [3.8, 4) is 0 Å². The zero-order chi connectivity index (χ0) is 20.5. The normalized spacial score (nSPS) is 15.6. The molecule has 3 aromatic rings. The van der Waals surface area contributed by atoms with Crippen LogP contribution < -0.4 is 5.73 Å². The highest BCUT2D eigenvalue weighted by Gasteiger charge is 2.35. The molecule has 146 valence electrons. The molecule has 1 aliphatic rings. The van der Waals surface area contributed by atoms with Crippen molar-refractivity contribution in [1.82, 2.24) is 9.47 Å². The van der Waals surface area contributed by atoms with Crippen molar-refractivity contribution in [3.63, 3.8) is 0 Å². The zero-order valence-electron chi connectivity index (χ0n) is 15.8. The quantitative estimate of drug-likeness (QED) is 0.656. The van der Waals surface area contributed by atoms with Gasteiger partial charge in [-0.05, 0) is 36.4 Å². The van der Waals surface area contributed by atoms with Crippen LogP contribution in [0.25, 0.3) is 17.0 Å². The molecule has 1 aliphatic heterocycles. The first kappa shape index (κ1) is 19.0. The summed E-state index contributed by atoms with van der Waals surface area (Å²) in [6, 6.07) is 15.3. The average Bonchev–Trinajstić information content (AvgIpc) is 3.14. The lowest BCUT2D eigenvalue weighted by Crippen LogP contribution is -2.27. The van der Waals surface area contributed by atoms with E-state index in [0.29, 0.717) is 4.91 Å². The highest BCUT2D eigenvalue weighted by Crippen LogP contribution is 2.35. The number of primary amides is 1. The molecule has 29 heavy (non-hydrogen) atoms. The second-order valence-corrected chi connectivity index (χ2v) is 7.95. The van der Waals surface area contributed by atoms with E-state index in [4.69, 9.17) is 5.73 Å². The number of carbonyl (C=O) groups excluding carboxylic acids is 3. The first-order valence-electron chi connectivity index (χ1n) is 9.09. The van der Waals surface area contributed by atoms with Gasteiger partial charge in [-0.25, -0.2) is 0 Å². The number of hydrogen-bond acceptors (Lipinski definition) is 4. The predicted octanol–water partition coefficient (Wildman–Crippen LogP) is 3.67. The molecule has 0 bridgehead atoms. The molecule has 2 N–H and O–H groups in total. The summed E-state index contributed by atoms with van der Waals surface area (Å²) in [6.45, 7) is 2.26. The van der Waals surface area contributed by atoms with E-state index < -0.39 is 5.91 Å². The minimum atomic E-state index is -0.448. The minimum absolute atomic E-state index is 0.0448. The summed E-state index contributed by atoms with van der Waals surface area (Å²) in [5.74, 6) is -0.760. The molecule has 2 aromatic carbocycles. The third-order valence-electron chi connectivity index (χ3n) is 4.73. The molecule has 0 spiro atoms. The van der Waals surface area contributed by atoms with Gasteiger partial charge in [0.2, 0.25) is 5.91 Å². The standard InChI is InChI=1S/C22H19N3O3S/c1-14-5-4-6-15(9-14)11-25-21(27)19(29-22(25)28)10-16-12-24(13-20(23)26)18-8-3-2-7-17(16)18/h2-10,12H,11,13H2,1H3,(H2,23,26)/b19-10-. The molecule has 1 aromatic heterocycles. The van der Waals surface area contributed by atoms with Gasteiger partial charge in [-0.2, -0.15) is 0 Å². The number of hydrogen-bond donors (Lipinski definition) is 1. The molecule has 7 heteroatoms. The lowest BCUT2D eigenvalue weighted by Gasteiger charge is -2.12. The number of carbonyl (C=O) groups is 3. The van der Waals surface area contributed by atoms with Crippen molar-refractivity contribution in [2.45, 2.75) is 20.0 Å². The first-order valence-corrected chi connectivity index (χ1v) is 9.91. The van der Waals surface area contributed by atoms with E-state index in [1.807, 2.05) is 55.5 Å². The number of aryl methyl sites for hydroxylation is 1. The summed E-state index contributed by atoms with van der Waals surface area (Å²) < 4.78 is 1.75. The lowest BCUT2D eigenvalue weighted by molar-refractivity contribution is -0.123. The molecule has 1 fully saturated rings. The van der Waals surface area contributed by atoms with Gasteiger partial charge in [0, 0.05) is 22.7 Å². The summed E-state index contributed by atoms with van der Waals surface area (Å²) in [7, 11) is 0. The highest BCUT2D eigenvalue weighted by molar-refractivity contribution is 8.18. The molecular weight excluding hydrogens is 386 g/mol. The third kappa shape index (κ3) is 3.82. The maximum absolute atomic E-state index is 12.9. The molecular formula is C22H19N3O3S. The molecule has 3 amide bonds. The monoisotopic (exact) mass is 405 g/mol. The Morgan fingerprint density at radius 1 is 1.14 bits per heavy atom. The maximum Gasteiger partial charge on any atom is 0.293 e. The Kier molecular flexibility index (Phi) is 4.98.